The topological polar surface area (TPSA) is 47.3 Å². The molecular formula is C17H19ClN2O. The summed E-state index contributed by atoms with van der Waals surface area (Å²) in [6, 6.07) is 12.1. The number of hydrazine groups is 1. The Morgan fingerprint density at radius 1 is 1.24 bits per heavy atom. The van der Waals surface area contributed by atoms with Gasteiger partial charge >= 0.3 is 0 Å². The Labute approximate surface area is 130 Å². The lowest BCUT2D eigenvalue weighted by Gasteiger charge is -2.25. The van der Waals surface area contributed by atoms with Gasteiger partial charge in [0, 0.05) is 10.6 Å². The minimum atomic E-state index is -0.175. The molecule has 4 heteroatoms. The smallest absolute Gasteiger partial charge is 0.127 e. The predicted molar refractivity (Wildman–Crippen MR) is 85.6 cm³/mol. The fourth-order valence-corrected chi connectivity index (χ4v) is 3.20. The molecule has 1 atom stereocenters. The van der Waals surface area contributed by atoms with Gasteiger partial charge in [-0.3, -0.25) is 5.84 Å². The van der Waals surface area contributed by atoms with Gasteiger partial charge in [0.1, 0.15) is 5.75 Å². The van der Waals surface area contributed by atoms with Crippen LogP contribution in [0.25, 0.3) is 0 Å². The summed E-state index contributed by atoms with van der Waals surface area (Å²) in [6.45, 7) is 2.77. The average molecular weight is 303 g/mol. The van der Waals surface area contributed by atoms with Gasteiger partial charge in [0.2, 0.25) is 0 Å². The normalized spacial score (nSPS) is 15.2. The van der Waals surface area contributed by atoms with E-state index in [0.717, 1.165) is 41.9 Å². The van der Waals surface area contributed by atoms with Crippen molar-refractivity contribution < 1.29 is 4.74 Å². The molecule has 1 unspecified atom stereocenters. The molecule has 0 bridgehead atoms. The van der Waals surface area contributed by atoms with Crippen LogP contribution in [0.2, 0.25) is 5.02 Å². The molecule has 1 heterocycles. The molecule has 1 aliphatic rings. The van der Waals surface area contributed by atoms with Crippen molar-refractivity contribution in [2.75, 3.05) is 6.61 Å². The van der Waals surface area contributed by atoms with E-state index in [1.807, 2.05) is 31.2 Å². The number of hydrogen-bond donors (Lipinski definition) is 2. The van der Waals surface area contributed by atoms with Crippen LogP contribution in [0, 0.1) is 6.92 Å². The van der Waals surface area contributed by atoms with E-state index in [2.05, 4.69) is 17.6 Å². The molecule has 0 aliphatic carbocycles. The van der Waals surface area contributed by atoms with Crippen molar-refractivity contribution in [1.29, 1.82) is 0 Å². The summed E-state index contributed by atoms with van der Waals surface area (Å²) >= 11 is 6.40. The van der Waals surface area contributed by atoms with Gasteiger partial charge in [-0.05, 0) is 42.5 Å². The molecule has 0 saturated carbocycles. The number of halogens is 1. The van der Waals surface area contributed by atoms with Crippen LogP contribution < -0.4 is 16.0 Å². The molecule has 0 fully saturated rings. The molecule has 0 amide bonds. The summed E-state index contributed by atoms with van der Waals surface area (Å²) in [6.07, 6.45) is 2.10. The zero-order valence-corrected chi connectivity index (χ0v) is 12.8. The molecule has 3 nitrogen and oxygen atoms in total. The number of ether oxygens (including phenoxy) is 1. The Kier molecular flexibility index (Phi) is 4.15. The SMILES string of the molecule is Cc1ccc(C(NN)c2cccc3c2OCCC3)c(Cl)c1. The van der Waals surface area contributed by atoms with Crippen molar-refractivity contribution >= 4 is 11.6 Å². The van der Waals surface area contributed by atoms with Crippen molar-refractivity contribution in [3.8, 4) is 5.75 Å². The van der Waals surface area contributed by atoms with E-state index in [9.17, 15) is 0 Å². The van der Waals surface area contributed by atoms with Crippen LogP contribution in [0.5, 0.6) is 5.75 Å². The highest BCUT2D eigenvalue weighted by molar-refractivity contribution is 6.31. The van der Waals surface area contributed by atoms with E-state index in [4.69, 9.17) is 22.2 Å². The third-order valence-electron chi connectivity index (χ3n) is 3.91. The lowest BCUT2D eigenvalue weighted by atomic mass is 9.93. The number of nitrogens with one attached hydrogen (secondary N) is 1. The minimum absolute atomic E-state index is 0.175. The van der Waals surface area contributed by atoms with Crippen molar-refractivity contribution in [2.24, 2.45) is 5.84 Å². The summed E-state index contributed by atoms with van der Waals surface area (Å²) in [5.41, 5.74) is 7.26. The first-order valence-corrected chi connectivity index (χ1v) is 7.55. The summed E-state index contributed by atoms with van der Waals surface area (Å²) in [5.74, 6) is 6.76. The summed E-state index contributed by atoms with van der Waals surface area (Å²) in [7, 11) is 0. The summed E-state index contributed by atoms with van der Waals surface area (Å²) in [4.78, 5) is 0. The molecule has 0 saturated heterocycles. The summed E-state index contributed by atoms with van der Waals surface area (Å²) in [5, 5.41) is 0.714. The molecule has 3 rings (SSSR count). The van der Waals surface area contributed by atoms with Crippen molar-refractivity contribution in [2.45, 2.75) is 25.8 Å². The molecule has 2 aromatic carbocycles. The third-order valence-corrected chi connectivity index (χ3v) is 4.24. The second-order valence-electron chi connectivity index (χ2n) is 5.41. The van der Waals surface area contributed by atoms with Crippen LogP contribution in [0.3, 0.4) is 0 Å². The molecule has 0 spiro atoms. The largest absolute Gasteiger partial charge is 0.493 e. The lowest BCUT2D eigenvalue weighted by molar-refractivity contribution is 0.283. The molecule has 0 radical (unpaired) electrons. The Morgan fingerprint density at radius 3 is 2.86 bits per heavy atom. The average Bonchev–Trinajstić information content (AvgIpc) is 2.50. The van der Waals surface area contributed by atoms with E-state index in [1.54, 1.807) is 0 Å². The van der Waals surface area contributed by atoms with Gasteiger partial charge in [0.05, 0.1) is 12.6 Å². The van der Waals surface area contributed by atoms with Crippen molar-refractivity contribution in [1.82, 2.24) is 5.43 Å². The highest BCUT2D eigenvalue weighted by atomic mass is 35.5. The molecule has 1 aliphatic heterocycles. The van der Waals surface area contributed by atoms with E-state index in [-0.39, 0.29) is 6.04 Å². The Hall–Kier alpha value is -1.55. The van der Waals surface area contributed by atoms with Gasteiger partial charge in [-0.1, -0.05) is 41.9 Å². The van der Waals surface area contributed by atoms with Gasteiger partial charge < -0.3 is 4.74 Å². The maximum Gasteiger partial charge on any atom is 0.127 e. The second kappa shape index (κ2) is 6.06. The zero-order valence-electron chi connectivity index (χ0n) is 12.0. The minimum Gasteiger partial charge on any atom is -0.493 e. The fraction of sp³-hybridized carbons (Fsp3) is 0.294. The molecule has 110 valence electrons. The first-order valence-electron chi connectivity index (χ1n) is 7.17. The monoisotopic (exact) mass is 302 g/mol. The molecule has 2 aromatic rings. The van der Waals surface area contributed by atoms with E-state index < -0.39 is 0 Å². The Bertz CT molecular complexity index is 657. The first-order chi connectivity index (χ1) is 10.2. The zero-order chi connectivity index (χ0) is 14.8. The Morgan fingerprint density at radius 2 is 2.10 bits per heavy atom. The van der Waals surface area contributed by atoms with Gasteiger partial charge in [-0.25, -0.2) is 5.43 Å². The second-order valence-corrected chi connectivity index (χ2v) is 5.82. The number of rotatable bonds is 3. The standard InChI is InChI=1S/C17H19ClN2O/c1-11-7-8-13(15(18)10-11)16(20-19)14-6-2-4-12-5-3-9-21-17(12)14/h2,4,6-8,10,16,20H,3,5,9,19H2,1H3. The Balaban J connectivity index is 2.08. The van der Waals surface area contributed by atoms with Crippen LogP contribution in [0.1, 0.15) is 34.7 Å². The molecule has 0 aromatic heterocycles. The highest BCUT2D eigenvalue weighted by Crippen LogP contribution is 2.37. The van der Waals surface area contributed by atoms with Crippen LogP contribution in [-0.4, -0.2) is 6.61 Å². The van der Waals surface area contributed by atoms with E-state index in [1.165, 1.54) is 5.56 Å². The lowest BCUT2D eigenvalue weighted by Crippen LogP contribution is -2.30. The van der Waals surface area contributed by atoms with Crippen molar-refractivity contribution in [3.05, 3.63) is 63.7 Å². The van der Waals surface area contributed by atoms with E-state index in [0.29, 0.717) is 5.02 Å². The number of fused-ring (bicyclic) bond motifs is 1. The molecule has 3 N–H and O–H groups in total. The highest BCUT2D eigenvalue weighted by Gasteiger charge is 2.23. The molecule has 21 heavy (non-hydrogen) atoms. The quantitative estimate of drug-likeness (QED) is 0.673. The first kappa shape index (κ1) is 14.4. The molecular weight excluding hydrogens is 284 g/mol. The number of benzene rings is 2. The predicted octanol–water partition coefficient (Wildman–Crippen LogP) is 3.53. The van der Waals surface area contributed by atoms with Crippen LogP contribution >= 0.6 is 11.6 Å². The van der Waals surface area contributed by atoms with Gasteiger partial charge in [0.25, 0.3) is 0 Å². The summed E-state index contributed by atoms with van der Waals surface area (Å²) < 4.78 is 5.88. The van der Waals surface area contributed by atoms with Gasteiger partial charge in [-0.15, -0.1) is 0 Å². The maximum atomic E-state index is 6.40. The van der Waals surface area contributed by atoms with Crippen LogP contribution in [0.15, 0.2) is 36.4 Å². The maximum absolute atomic E-state index is 6.40. The van der Waals surface area contributed by atoms with Crippen LogP contribution in [0.4, 0.5) is 0 Å². The van der Waals surface area contributed by atoms with Crippen molar-refractivity contribution in [3.63, 3.8) is 0 Å². The third kappa shape index (κ3) is 2.77. The number of nitrogens with two attached hydrogens (primary N) is 1. The number of para-hydroxylation sites is 1. The number of aryl methyl sites for hydroxylation is 2. The van der Waals surface area contributed by atoms with Gasteiger partial charge in [-0.2, -0.15) is 0 Å². The number of hydrogen-bond acceptors (Lipinski definition) is 3. The van der Waals surface area contributed by atoms with Crippen LogP contribution in [-0.2, 0) is 6.42 Å². The van der Waals surface area contributed by atoms with Gasteiger partial charge in [0.15, 0.2) is 0 Å². The van der Waals surface area contributed by atoms with E-state index >= 15 is 0 Å². The fourth-order valence-electron chi connectivity index (χ4n) is 2.86.